The molecular weight excluding hydrogens is 516 g/mol. The molecule has 1 fully saturated rings. The fourth-order valence-corrected chi connectivity index (χ4v) is 5.13. The van der Waals surface area contributed by atoms with Crippen LogP contribution in [0, 0.1) is 16.3 Å². The molecule has 1 saturated carbocycles. The molecule has 1 heterocycles. The Morgan fingerprint density at radius 2 is 2.00 bits per heavy atom. The van der Waals surface area contributed by atoms with Crippen LogP contribution in [0.25, 0.3) is 0 Å². The number of aliphatic carboxylic acids is 1. The van der Waals surface area contributed by atoms with Gasteiger partial charge < -0.3 is 15.0 Å². The average molecular weight is 535 g/mol. The zero-order valence-electron chi connectivity index (χ0n) is 15.6. The summed E-state index contributed by atoms with van der Waals surface area (Å²) in [7, 11) is -2.59. The molecule has 29 heavy (non-hydrogen) atoms. The summed E-state index contributed by atoms with van der Waals surface area (Å²) >= 11 is 1.96. The van der Waals surface area contributed by atoms with Gasteiger partial charge in [-0.25, -0.2) is 12.8 Å². The normalized spacial score (nSPS) is 15.0. The molecule has 1 aromatic carbocycles. The number of hydrogen-bond donors (Lipinski definition) is 3. The lowest BCUT2D eigenvalue weighted by Gasteiger charge is -2.21. The maximum atomic E-state index is 14.3. The standard InChI is InChI=1S/C18H19FIN3O5S/c1-10-16(21-13-4-3-11(20)7-12(13)19)14(9-23(2)17(10)26)22-29(27,28)18(5-6-18)8-15(24)25/h3-4,7,9,21-22H,5-6,8H2,1-2H3,(H,24,25). The second-order valence-electron chi connectivity index (χ2n) is 7.07. The third kappa shape index (κ3) is 4.25. The molecule has 3 N–H and O–H groups in total. The maximum Gasteiger partial charge on any atom is 0.305 e. The summed E-state index contributed by atoms with van der Waals surface area (Å²) in [4.78, 5) is 23.5. The number of carbonyl (C=O) groups is 1. The topological polar surface area (TPSA) is 118 Å². The van der Waals surface area contributed by atoms with Crippen LogP contribution in [0.1, 0.15) is 24.8 Å². The van der Waals surface area contributed by atoms with Gasteiger partial charge in [-0.3, -0.25) is 14.3 Å². The van der Waals surface area contributed by atoms with E-state index in [-0.39, 0.29) is 41.0 Å². The lowest BCUT2D eigenvalue weighted by atomic mass is 10.2. The highest BCUT2D eigenvalue weighted by Gasteiger charge is 2.56. The van der Waals surface area contributed by atoms with Crippen LogP contribution in [0.3, 0.4) is 0 Å². The summed E-state index contributed by atoms with van der Waals surface area (Å²) < 4.78 is 43.0. The van der Waals surface area contributed by atoms with Crippen LogP contribution in [0.2, 0.25) is 0 Å². The predicted octanol–water partition coefficient (Wildman–Crippen LogP) is 2.93. The Morgan fingerprint density at radius 3 is 2.55 bits per heavy atom. The average Bonchev–Trinajstić information content (AvgIpc) is 3.38. The first kappa shape index (κ1) is 21.6. The molecule has 0 atom stereocenters. The summed E-state index contributed by atoms with van der Waals surface area (Å²) in [6.45, 7) is 1.50. The summed E-state index contributed by atoms with van der Waals surface area (Å²) in [5, 5.41) is 11.9. The largest absolute Gasteiger partial charge is 0.481 e. The first-order chi connectivity index (χ1) is 13.5. The molecule has 2 aromatic rings. The van der Waals surface area contributed by atoms with Crippen LogP contribution in [-0.4, -0.2) is 28.8 Å². The van der Waals surface area contributed by atoms with Gasteiger partial charge in [0.15, 0.2) is 0 Å². The molecule has 156 valence electrons. The molecule has 0 saturated heterocycles. The number of halogens is 2. The number of aromatic nitrogens is 1. The molecule has 0 bridgehead atoms. The van der Waals surface area contributed by atoms with E-state index < -0.39 is 33.0 Å². The zero-order valence-corrected chi connectivity index (χ0v) is 18.6. The molecule has 1 aliphatic carbocycles. The van der Waals surface area contributed by atoms with Gasteiger partial charge >= 0.3 is 5.97 Å². The van der Waals surface area contributed by atoms with E-state index in [0.29, 0.717) is 3.57 Å². The highest BCUT2D eigenvalue weighted by Crippen LogP contribution is 2.47. The minimum atomic E-state index is -4.06. The fraction of sp³-hybridized carbons (Fsp3) is 0.333. The summed E-state index contributed by atoms with van der Waals surface area (Å²) in [6, 6.07) is 4.45. The second-order valence-corrected chi connectivity index (χ2v) is 10.4. The Morgan fingerprint density at radius 1 is 1.34 bits per heavy atom. The number of nitrogens with one attached hydrogen (secondary N) is 2. The minimum absolute atomic E-state index is 0.0409. The Bertz CT molecular complexity index is 1160. The smallest absolute Gasteiger partial charge is 0.305 e. The van der Waals surface area contributed by atoms with E-state index in [4.69, 9.17) is 5.11 Å². The fourth-order valence-electron chi connectivity index (χ4n) is 3.06. The van der Waals surface area contributed by atoms with Gasteiger partial charge in [-0.05, 0) is 60.6 Å². The molecule has 0 aliphatic heterocycles. The van der Waals surface area contributed by atoms with Crippen molar-refractivity contribution >= 4 is 55.6 Å². The number of hydrogen-bond acceptors (Lipinski definition) is 5. The van der Waals surface area contributed by atoms with Crippen LogP contribution in [-0.2, 0) is 21.9 Å². The van der Waals surface area contributed by atoms with Crippen LogP contribution in [0.15, 0.2) is 29.2 Å². The molecule has 0 amide bonds. The van der Waals surface area contributed by atoms with E-state index in [0.717, 1.165) is 0 Å². The van der Waals surface area contributed by atoms with Crippen LogP contribution >= 0.6 is 22.6 Å². The van der Waals surface area contributed by atoms with Crippen LogP contribution < -0.4 is 15.6 Å². The van der Waals surface area contributed by atoms with Crippen molar-refractivity contribution in [1.29, 1.82) is 0 Å². The van der Waals surface area contributed by atoms with Gasteiger partial charge in [0, 0.05) is 22.4 Å². The highest BCUT2D eigenvalue weighted by atomic mass is 127. The number of rotatable bonds is 7. The van der Waals surface area contributed by atoms with Crippen molar-refractivity contribution in [2.75, 3.05) is 10.0 Å². The van der Waals surface area contributed by atoms with Crippen molar-refractivity contribution in [3.8, 4) is 0 Å². The first-order valence-corrected chi connectivity index (χ1v) is 11.2. The lowest BCUT2D eigenvalue weighted by Crippen LogP contribution is -2.33. The number of nitrogens with zero attached hydrogens (tertiary/aromatic N) is 1. The third-order valence-corrected chi connectivity index (χ3v) is 7.75. The molecule has 0 radical (unpaired) electrons. The van der Waals surface area contributed by atoms with E-state index in [9.17, 15) is 22.4 Å². The molecule has 3 rings (SSSR count). The zero-order chi connectivity index (χ0) is 21.6. The van der Waals surface area contributed by atoms with Crippen molar-refractivity contribution < 1.29 is 22.7 Å². The van der Waals surface area contributed by atoms with E-state index in [1.54, 1.807) is 6.07 Å². The van der Waals surface area contributed by atoms with Gasteiger partial charge in [0.2, 0.25) is 10.0 Å². The van der Waals surface area contributed by atoms with Gasteiger partial charge in [0.25, 0.3) is 5.56 Å². The van der Waals surface area contributed by atoms with Gasteiger partial charge in [-0.15, -0.1) is 0 Å². The van der Waals surface area contributed by atoms with Gasteiger partial charge in [0.05, 0.1) is 23.5 Å². The SMILES string of the molecule is Cc1c(Nc2ccc(I)cc2F)c(NS(=O)(=O)C2(CC(=O)O)CC2)cn(C)c1=O. The second kappa shape index (κ2) is 7.59. The number of benzene rings is 1. The molecule has 11 heteroatoms. The van der Waals surface area contributed by atoms with Gasteiger partial charge in [-0.2, -0.15) is 0 Å². The highest BCUT2D eigenvalue weighted by molar-refractivity contribution is 14.1. The summed E-state index contributed by atoms with van der Waals surface area (Å²) in [5.41, 5.74) is 0.0396. The van der Waals surface area contributed by atoms with Crippen molar-refractivity contribution in [2.45, 2.75) is 30.9 Å². The number of carboxylic acids is 1. The Kier molecular flexibility index (Phi) is 5.64. The van der Waals surface area contributed by atoms with Crippen molar-refractivity contribution in [1.82, 2.24) is 4.57 Å². The van der Waals surface area contributed by atoms with E-state index in [1.807, 2.05) is 22.6 Å². The molecule has 1 aromatic heterocycles. The monoisotopic (exact) mass is 535 g/mol. The quantitative estimate of drug-likeness (QED) is 0.470. The van der Waals surface area contributed by atoms with Crippen LogP contribution in [0.5, 0.6) is 0 Å². The number of anilines is 3. The minimum Gasteiger partial charge on any atom is -0.481 e. The van der Waals surface area contributed by atoms with Gasteiger partial charge in [-0.1, -0.05) is 0 Å². The number of aryl methyl sites for hydroxylation is 1. The van der Waals surface area contributed by atoms with E-state index in [1.165, 1.54) is 36.9 Å². The Balaban J connectivity index is 2.05. The van der Waals surface area contributed by atoms with Crippen LogP contribution in [0.4, 0.5) is 21.5 Å². The molecule has 1 aliphatic rings. The summed E-state index contributed by atoms with van der Waals surface area (Å²) in [5.74, 6) is -1.76. The molecule has 0 unspecified atom stereocenters. The maximum absolute atomic E-state index is 14.3. The van der Waals surface area contributed by atoms with Gasteiger partial charge in [0.1, 0.15) is 10.6 Å². The number of pyridine rings is 1. The number of sulfonamides is 1. The number of carboxylic acid groups (broad SMARTS) is 1. The van der Waals surface area contributed by atoms with E-state index >= 15 is 0 Å². The van der Waals surface area contributed by atoms with Crippen molar-refractivity contribution in [3.05, 3.63) is 49.7 Å². The summed E-state index contributed by atoms with van der Waals surface area (Å²) in [6.07, 6.45) is 1.24. The third-order valence-electron chi connectivity index (χ3n) is 4.89. The Labute approximate surface area is 180 Å². The Hall–Kier alpha value is -2.15. The van der Waals surface area contributed by atoms with E-state index in [2.05, 4.69) is 10.0 Å². The van der Waals surface area contributed by atoms with Crippen molar-refractivity contribution in [2.24, 2.45) is 7.05 Å². The molecule has 0 spiro atoms. The molecule has 8 nitrogen and oxygen atoms in total. The lowest BCUT2D eigenvalue weighted by molar-refractivity contribution is -0.137. The van der Waals surface area contributed by atoms with Crippen molar-refractivity contribution in [3.63, 3.8) is 0 Å². The molecular formula is C18H19FIN3O5S. The predicted molar refractivity (Wildman–Crippen MR) is 116 cm³/mol. The first-order valence-electron chi connectivity index (χ1n) is 8.62.